The monoisotopic (exact) mass is 376 g/mol. The molecule has 0 atom stereocenters. The summed E-state index contributed by atoms with van der Waals surface area (Å²) in [5.74, 6) is 0.893. The van der Waals surface area contributed by atoms with Crippen molar-refractivity contribution in [3.8, 4) is 11.6 Å². The van der Waals surface area contributed by atoms with Gasteiger partial charge in [-0.2, -0.15) is 0 Å². The maximum absolute atomic E-state index is 11.6. The van der Waals surface area contributed by atoms with E-state index >= 15 is 0 Å². The molecule has 0 radical (unpaired) electrons. The van der Waals surface area contributed by atoms with Gasteiger partial charge in [-0.15, -0.1) is 0 Å². The maximum Gasteiger partial charge on any atom is 0.337 e. The molecule has 2 aromatic carbocycles. The molecule has 144 valence electrons. The molecule has 1 aromatic heterocycles. The molecule has 0 aliphatic rings. The summed E-state index contributed by atoms with van der Waals surface area (Å²) < 4.78 is 10.9. The number of hydrogen-bond acceptors (Lipinski definition) is 5. The van der Waals surface area contributed by atoms with E-state index in [4.69, 9.17) is 9.47 Å². The Morgan fingerprint density at radius 1 is 0.964 bits per heavy atom. The van der Waals surface area contributed by atoms with E-state index in [1.54, 1.807) is 18.3 Å². The van der Waals surface area contributed by atoms with Crippen molar-refractivity contribution in [2.75, 3.05) is 12.4 Å². The van der Waals surface area contributed by atoms with Crippen molar-refractivity contribution in [3.05, 3.63) is 78.0 Å². The van der Waals surface area contributed by atoms with Gasteiger partial charge >= 0.3 is 5.97 Å². The van der Waals surface area contributed by atoms with Crippen molar-refractivity contribution in [1.29, 1.82) is 0 Å². The minimum atomic E-state index is -0.365. The standard InChI is InChI=1S/C23H24N2O3/c1-23(2,3)18-8-5-6-10-20(18)28-21-19(9-7-15-24-21)25-17-13-11-16(12-14-17)22(26)27-4/h5-15,25H,1-4H3. The van der Waals surface area contributed by atoms with Gasteiger partial charge in [0.2, 0.25) is 5.88 Å². The molecule has 0 aliphatic heterocycles. The molecule has 1 N–H and O–H groups in total. The Labute approximate surface area is 165 Å². The van der Waals surface area contributed by atoms with Crippen LogP contribution in [-0.4, -0.2) is 18.1 Å². The number of ether oxygens (including phenoxy) is 2. The second-order valence-electron chi connectivity index (χ2n) is 7.40. The number of nitrogens with zero attached hydrogens (tertiary/aromatic N) is 1. The van der Waals surface area contributed by atoms with Crippen LogP contribution in [0.25, 0.3) is 0 Å². The van der Waals surface area contributed by atoms with Gasteiger partial charge in [0.1, 0.15) is 11.4 Å². The number of aromatic nitrogens is 1. The topological polar surface area (TPSA) is 60.5 Å². The lowest BCUT2D eigenvalue weighted by Crippen LogP contribution is -2.12. The van der Waals surface area contributed by atoms with Crippen molar-refractivity contribution in [2.24, 2.45) is 0 Å². The predicted octanol–water partition coefficient (Wildman–Crippen LogP) is 5.70. The Morgan fingerprint density at radius 2 is 1.68 bits per heavy atom. The molecule has 0 spiro atoms. The number of esters is 1. The van der Waals surface area contributed by atoms with E-state index in [0.29, 0.717) is 11.4 Å². The number of carbonyl (C=O) groups is 1. The fourth-order valence-corrected chi connectivity index (χ4v) is 2.81. The summed E-state index contributed by atoms with van der Waals surface area (Å²) in [6.07, 6.45) is 1.70. The highest BCUT2D eigenvalue weighted by Crippen LogP contribution is 2.36. The first-order valence-corrected chi connectivity index (χ1v) is 9.06. The second-order valence-corrected chi connectivity index (χ2v) is 7.40. The number of para-hydroxylation sites is 1. The number of benzene rings is 2. The second kappa shape index (κ2) is 8.13. The van der Waals surface area contributed by atoms with Gasteiger partial charge in [0.15, 0.2) is 0 Å². The third-order valence-electron chi connectivity index (χ3n) is 4.26. The van der Waals surface area contributed by atoms with Gasteiger partial charge in [0, 0.05) is 17.4 Å². The molecule has 1 heterocycles. The van der Waals surface area contributed by atoms with Crippen LogP contribution in [0.4, 0.5) is 11.4 Å². The molecule has 0 unspecified atom stereocenters. The highest BCUT2D eigenvalue weighted by atomic mass is 16.5. The van der Waals surface area contributed by atoms with Gasteiger partial charge in [-0.25, -0.2) is 9.78 Å². The van der Waals surface area contributed by atoms with E-state index in [9.17, 15) is 4.79 Å². The first kappa shape index (κ1) is 19.4. The molecule has 0 fully saturated rings. The fourth-order valence-electron chi connectivity index (χ4n) is 2.81. The number of rotatable bonds is 5. The van der Waals surface area contributed by atoms with Crippen LogP contribution in [0.5, 0.6) is 11.6 Å². The van der Waals surface area contributed by atoms with Crippen LogP contribution in [0, 0.1) is 0 Å². The average molecular weight is 376 g/mol. The van der Waals surface area contributed by atoms with Gasteiger partial charge < -0.3 is 14.8 Å². The molecule has 0 saturated carbocycles. The lowest BCUT2D eigenvalue weighted by molar-refractivity contribution is 0.0601. The van der Waals surface area contributed by atoms with E-state index in [0.717, 1.165) is 22.7 Å². The lowest BCUT2D eigenvalue weighted by atomic mass is 9.86. The van der Waals surface area contributed by atoms with Crippen LogP contribution in [0.2, 0.25) is 0 Å². The van der Waals surface area contributed by atoms with Gasteiger partial charge in [-0.1, -0.05) is 39.0 Å². The van der Waals surface area contributed by atoms with Crippen LogP contribution in [-0.2, 0) is 10.2 Å². The predicted molar refractivity (Wildman–Crippen MR) is 111 cm³/mol. The zero-order chi connectivity index (χ0) is 20.1. The first-order valence-electron chi connectivity index (χ1n) is 9.06. The van der Waals surface area contributed by atoms with Crippen LogP contribution in [0.1, 0.15) is 36.7 Å². The van der Waals surface area contributed by atoms with Crippen LogP contribution in [0.15, 0.2) is 66.9 Å². The van der Waals surface area contributed by atoms with Crippen LogP contribution in [0.3, 0.4) is 0 Å². The van der Waals surface area contributed by atoms with E-state index in [1.165, 1.54) is 7.11 Å². The first-order chi connectivity index (χ1) is 13.4. The molecule has 5 nitrogen and oxygen atoms in total. The van der Waals surface area contributed by atoms with Gasteiger partial charge in [0.25, 0.3) is 0 Å². The van der Waals surface area contributed by atoms with Crippen molar-refractivity contribution in [2.45, 2.75) is 26.2 Å². The molecule has 0 amide bonds. The van der Waals surface area contributed by atoms with E-state index in [1.807, 2.05) is 42.5 Å². The quantitative estimate of drug-likeness (QED) is 0.579. The number of pyridine rings is 1. The van der Waals surface area contributed by atoms with E-state index in [2.05, 4.69) is 37.1 Å². The Balaban J connectivity index is 1.86. The molecule has 0 aliphatic carbocycles. The Hall–Kier alpha value is -3.34. The minimum absolute atomic E-state index is 0.0529. The summed E-state index contributed by atoms with van der Waals surface area (Å²) in [5, 5.41) is 3.30. The Kier molecular flexibility index (Phi) is 5.64. The zero-order valence-electron chi connectivity index (χ0n) is 16.5. The molecule has 5 heteroatoms. The highest BCUT2D eigenvalue weighted by Gasteiger charge is 2.19. The minimum Gasteiger partial charge on any atom is -0.465 e. The molecule has 0 saturated heterocycles. The number of methoxy groups -OCH3 is 1. The smallest absolute Gasteiger partial charge is 0.337 e. The summed E-state index contributed by atoms with van der Waals surface area (Å²) in [5.41, 5.74) is 3.10. The normalized spacial score (nSPS) is 11.0. The van der Waals surface area contributed by atoms with E-state index in [-0.39, 0.29) is 11.4 Å². The molecular formula is C23H24N2O3. The van der Waals surface area contributed by atoms with Crippen LogP contribution < -0.4 is 10.1 Å². The fraction of sp³-hybridized carbons (Fsp3) is 0.217. The molecule has 3 aromatic rings. The van der Waals surface area contributed by atoms with E-state index < -0.39 is 0 Å². The summed E-state index contributed by atoms with van der Waals surface area (Å²) in [7, 11) is 1.36. The number of anilines is 2. The molecular weight excluding hydrogens is 352 g/mol. The number of carbonyl (C=O) groups excluding carboxylic acids is 1. The SMILES string of the molecule is COC(=O)c1ccc(Nc2cccnc2Oc2ccccc2C(C)(C)C)cc1. The van der Waals surface area contributed by atoms with Crippen molar-refractivity contribution >= 4 is 17.3 Å². The maximum atomic E-state index is 11.6. The molecule has 0 bridgehead atoms. The third kappa shape index (κ3) is 4.49. The van der Waals surface area contributed by atoms with Gasteiger partial charge in [0.05, 0.1) is 12.7 Å². The highest BCUT2D eigenvalue weighted by molar-refractivity contribution is 5.89. The number of nitrogens with one attached hydrogen (secondary N) is 1. The van der Waals surface area contributed by atoms with Gasteiger partial charge in [-0.05, 0) is 47.9 Å². The lowest BCUT2D eigenvalue weighted by Gasteiger charge is -2.22. The Bertz CT molecular complexity index is 960. The number of hydrogen-bond donors (Lipinski definition) is 1. The molecule has 3 rings (SSSR count). The Morgan fingerprint density at radius 3 is 2.36 bits per heavy atom. The summed E-state index contributed by atoms with van der Waals surface area (Å²) >= 11 is 0. The largest absolute Gasteiger partial charge is 0.465 e. The summed E-state index contributed by atoms with van der Waals surface area (Å²) in [6.45, 7) is 6.45. The zero-order valence-corrected chi connectivity index (χ0v) is 16.5. The van der Waals surface area contributed by atoms with Crippen molar-refractivity contribution in [1.82, 2.24) is 4.98 Å². The average Bonchev–Trinajstić information content (AvgIpc) is 2.69. The third-order valence-corrected chi connectivity index (χ3v) is 4.26. The van der Waals surface area contributed by atoms with Gasteiger partial charge in [-0.3, -0.25) is 0 Å². The summed E-state index contributed by atoms with van der Waals surface area (Å²) in [6, 6.07) is 18.8. The van der Waals surface area contributed by atoms with Crippen molar-refractivity contribution in [3.63, 3.8) is 0 Å². The summed E-state index contributed by atoms with van der Waals surface area (Å²) in [4.78, 5) is 16.0. The van der Waals surface area contributed by atoms with Crippen molar-refractivity contribution < 1.29 is 14.3 Å². The van der Waals surface area contributed by atoms with Crippen LogP contribution >= 0.6 is 0 Å². The molecule has 28 heavy (non-hydrogen) atoms.